The predicted molar refractivity (Wildman–Crippen MR) is 75.6 cm³/mol. The second-order valence-corrected chi connectivity index (χ2v) is 4.05. The third-order valence-electron chi connectivity index (χ3n) is 2.77. The van der Waals surface area contributed by atoms with Crippen LogP contribution < -0.4 is 5.43 Å². The number of allylic oxidation sites excluding steroid dienone is 1. The van der Waals surface area contributed by atoms with Gasteiger partial charge >= 0.3 is 5.97 Å². The number of nitrogens with one attached hydrogen (secondary N) is 1. The van der Waals surface area contributed by atoms with E-state index in [2.05, 4.69) is 4.98 Å². The Bertz CT molecular complexity index is 743. The van der Waals surface area contributed by atoms with Gasteiger partial charge in [0.15, 0.2) is 0 Å². The highest BCUT2D eigenvalue weighted by atomic mass is 16.5. The number of aldehydes is 1. The number of carbonyl (C=O) groups is 2. The standard InChI is InChI=1S/C15H13NO4/c1-2-20-15(19)12-9-16-13-6-5-10(4-3-7-17)8-11(13)14(12)18/h3-9H,2H2,1H3,(H,16,18). The van der Waals surface area contributed by atoms with Crippen molar-refractivity contribution in [3.8, 4) is 0 Å². The van der Waals surface area contributed by atoms with E-state index in [1.807, 2.05) is 0 Å². The Kier molecular flexibility index (Phi) is 4.10. The molecule has 0 aliphatic rings. The highest BCUT2D eigenvalue weighted by Gasteiger charge is 2.13. The third-order valence-corrected chi connectivity index (χ3v) is 2.77. The SMILES string of the molecule is CCOC(=O)c1c[nH]c2ccc(C=CC=O)cc2c1=O. The quantitative estimate of drug-likeness (QED) is 0.523. The molecule has 0 bridgehead atoms. The van der Waals surface area contributed by atoms with Crippen LogP contribution in [0.25, 0.3) is 17.0 Å². The van der Waals surface area contributed by atoms with E-state index >= 15 is 0 Å². The summed E-state index contributed by atoms with van der Waals surface area (Å²) >= 11 is 0. The molecule has 102 valence electrons. The molecule has 1 N–H and O–H groups in total. The number of aromatic amines is 1. The van der Waals surface area contributed by atoms with Crippen LogP contribution in [0.5, 0.6) is 0 Å². The van der Waals surface area contributed by atoms with Gasteiger partial charge in [-0.2, -0.15) is 0 Å². The maximum absolute atomic E-state index is 12.3. The molecule has 0 saturated carbocycles. The Labute approximate surface area is 114 Å². The fraction of sp³-hybridized carbons (Fsp3) is 0.133. The van der Waals surface area contributed by atoms with E-state index in [4.69, 9.17) is 4.74 Å². The molecule has 0 saturated heterocycles. The van der Waals surface area contributed by atoms with Crippen molar-refractivity contribution in [3.05, 3.63) is 51.8 Å². The van der Waals surface area contributed by atoms with Crippen molar-refractivity contribution in [2.24, 2.45) is 0 Å². The summed E-state index contributed by atoms with van der Waals surface area (Å²) in [5, 5.41) is 0.378. The van der Waals surface area contributed by atoms with Crippen molar-refractivity contribution in [1.82, 2.24) is 4.98 Å². The molecule has 1 heterocycles. The van der Waals surface area contributed by atoms with Gasteiger partial charge in [-0.1, -0.05) is 12.1 Å². The lowest BCUT2D eigenvalue weighted by Crippen LogP contribution is -2.18. The number of hydrogen-bond donors (Lipinski definition) is 1. The molecule has 20 heavy (non-hydrogen) atoms. The molecule has 5 heteroatoms. The van der Waals surface area contributed by atoms with E-state index in [0.717, 1.165) is 0 Å². The first-order valence-electron chi connectivity index (χ1n) is 6.11. The number of rotatable bonds is 4. The summed E-state index contributed by atoms with van der Waals surface area (Å²) in [5.74, 6) is -0.649. The topological polar surface area (TPSA) is 76.2 Å². The van der Waals surface area contributed by atoms with E-state index in [1.54, 1.807) is 31.2 Å². The zero-order valence-corrected chi connectivity index (χ0v) is 10.9. The van der Waals surface area contributed by atoms with Crippen LogP contribution in [0.2, 0.25) is 0 Å². The zero-order valence-electron chi connectivity index (χ0n) is 10.9. The Morgan fingerprint density at radius 2 is 2.20 bits per heavy atom. The molecule has 0 aliphatic carbocycles. The van der Waals surface area contributed by atoms with E-state index in [0.29, 0.717) is 22.8 Å². The number of H-pyrrole nitrogens is 1. The molecule has 5 nitrogen and oxygen atoms in total. The van der Waals surface area contributed by atoms with Gasteiger partial charge in [0, 0.05) is 17.1 Å². The summed E-state index contributed by atoms with van der Waals surface area (Å²) in [4.78, 5) is 37.1. The summed E-state index contributed by atoms with van der Waals surface area (Å²) < 4.78 is 4.83. The lowest BCUT2D eigenvalue weighted by atomic mass is 10.1. The average Bonchev–Trinajstić information content (AvgIpc) is 2.46. The largest absolute Gasteiger partial charge is 0.462 e. The van der Waals surface area contributed by atoms with Crippen molar-refractivity contribution < 1.29 is 14.3 Å². The van der Waals surface area contributed by atoms with Crippen molar-refractivity contribution in [2.45, 2.75) is 6.92 Å². The van der Waals surface area contributed by atoms with Crippen LogP contribution >= 0.6 is 0 Å². The number of esters is 1. The van der Waals surface area contributed by atoms with Crippen LogP contribution in [-0.2, 0) is 9.53 Å². The zero-order chi connectivity index (χ0) is 14.5. The molecule has 0 fully saturated rings. The summed E-state index contributed by atoms with van der Waals surface area (Å²) in [5.41, 5.74) is 0.900. The minimum atomic E-state index is -0.649. The lowest BCUT2D eigenvalue weighted by Gasteiger charge is -2.04. The van der Waals surface area contributed by atoms with Gasteiger partial charge in [-0.05, 0) is 30.7 Å². The second kappa shape index (κ2) is 5.97. The summed E-state index contributed by atoms with van der Waals surface area (Å²) in [6, 6.07) is 5.11. The predicted octanol–water partition coefficient (Wildman–Crippen LogP) is 1.92. The fourth-order valence-electron chi connectivity index (χ4n) is 1.85. The van der Waals surface area contributed by atoms with Crippen LogP contribution in [0.3, 0.4) is 0 Å². The summed E-state index contributed by atoms with van der Waals surface area (Å²) in [6.07, 6.45) is 4.93. The minimum Gasteiger partial charge on any atom is -0.462 e. The van der Waals surface area contributed by atoms with Crippen LogP contribution in [-0.4, -0.2) is 23.8 Å². The summed E-state index contributed by atoms with van der Waals surface area (Å²) in [7, 11) is 0. The Hall–Kier alpha value is -2.69. The molecule has 1 aromatic carbocycles. The molecule has 0 amide bonds. The number of pyridine rings is 1. The van der Waals surface area contributed by atoms with E-state index in [1.165, 1.54) is 12.3 Å². The number of aromatic nitrogens is 1. The maximum atomic E-state index is 12.3. The van der Waals surface area contributed by atoms with E-state index in [9.17, 15) is 14.4 Å². The van der Waals surface area contributed by atoms with Crippen LogP contribution in [0.4, 0.5) is 0 Å². The van der Waals surface area contributed by atoms with Gasteiger partial charge in [-0.25, -0.2) is 4.79 Å². The minimum absolute atomic E-state index is 0.0316. The average molecular weight is 271 g/mol. The first kappa shape index (κ1) is 13.7. The lowest BCUT2D eigenvalue weighted by molar-refractivity contribution is -0.104. The van der Waals surface area contributed by atoms with Gasteiger partial charge in [0.2, 0.25) is 5.43 Å². The Morgan fingerprint density at radius 1 is 1.40 bits per heavy atom. The van der Waals surface area contributed by atoms with Crippen molar-refractivity contribution in [3.63, 3.8) is 0 Å². The monoisotopic (exact) mass is 271 g/mol. The highest BCUT2D eigenvalue weighted by Crippen LogP contribution is 2.12. The highest BCUT2D eigenvalue weighted by molar-refractivity contribution is 5.94. The van der Waals surface area contributed by atoms with E-state index < -0.39 is 11.4 Å². The van der Waals surface area contributed by atoms with Gasteiger partial charge in [0.1, 0.15) is 11.8 Å². The Balaban J connectivity index is 2.58. The first-order valence-corrected chi connectivity index (χ1v) is 6.11. The first-order chi connectivity index (χ1) is 9.67. The Morgan fingerprint density at radius 3 is 2.90 bits per heavy atom. The number of ether oxygens (including phenoxy) is 1. The van der Waals surface area contributed by atoms with Gasteiger partial charge < -0.3 is 9.72 Å². The maximum Gasteiger partial charge on any atom is 0.343 e. The fourth-order valence-corrected chi connectivity index (χ4v) is 1.85. The molecule has 0 spiro atoms. The molecule has 2 aromatic rings. The number of fused-ring (bicyclic) bond motifs is 1. The van der Waals surface area contributed by atoms with Gasteiger partial charge in [0.05, 0.1) is 6.61 Å². The molecular formula is C15H13NO4. The molecule has 2 rings (SSSR count). The van der Waals surface area contributed by atoms with Crippen molar-refractivity contribution in [2.75, 3.05) is 6.61 Å². The smallest absolute Gasteiger partial charge is 0.343 e. The normalized spacial score (nSPS) is 10.8. The number of benzene rings is 1. The molecule has 0 unspecified atom stereocenters. The van der Waals surface area contributed by atoms with Crippen LogP contribution in [0.1, 0.15) is 22.8 Å². The van der Waals surface area contributed by atoms with Crippen molar-refractivity contribution in [1.29, 1.82) is 0 Å². The van der Waals surface area contributed by atoms with Gasteiger partial charge in [-0.3, -0.25) is 9.59 Å². The van der Waals surface area contributed by atoms with Crippen molar-refractivity contribution >= 4 is 29.2 Å². The molecule has 0 radical (unpaired) electrons. The van der Waals surface area contributed by atoms with Gasteiger partial charge in [0.25, 0.3) is 0 Å². The van der Waals surface area contributed by atoms with Crippen LogP contribution in [0.15, 0.2) is 35.3 Å². The third kappa shape index (κ3) is 2.66. The van der Waals surface area contributed by atoms with Gasteiger partial charge in [-0.15, -0.1) is 0 Å². The molecule has 0 aliphatic heterocycles. The number of carbonyl (C=O) groups excluding carboxylic acids is 2. The molecule has 0 atom stereocenters. The number of hydrogen-bond acceptors (Lipinski definition) is 4. The summed E-state index contributed by atoms with van der Waals surface area (Å²) in [6.45, 7) is 1.88. The molecule has 1 aromatic heterocycles. The van der Waals surface area contributed by atoms with E-state index in [-0.39, 0.29) is 12.2 Å². The van der Waals surface area contributed by atoms with Crippen LogP contribution in [0, 0.1) is 0 Å². The second-order valence-electron chi connectivity index (χ2n) is 4.05. The molecular weight excluding hydrogens is 258 g/mol.